The lowest BCUT2D eigenvalue weighted by Crippen LogP contribution is -2.18. The molecule has 3 aromatic heterocycles. The van der Waals surface area contributed by atoms with Crippen molar-refractivity contribution in [2.24, 2.45) is 7.05 Å². The van der Waals surface area contributed by atoms with Crippen LogP contribution in [0.2, 0.25) is 0 Å². The lowest BCUT2D eigenvalue weighted by atomic mass is 10.2. The Hall–Kier alpha value is -3.05. The fourth-order valence-electron chi connectivity index (χ4n) is 2.86. The van der Waals surface area contributed by atoms with Crippen LogP contribution in [0, 0.1) is 0 Å². The van der Waals surface area contributed by atoms with Gasteiger partial charge in [-0.3, -0.25) is 9.36 Å². The maximum absolute atomic E-state index is 12.4. The second kappa shape index (κ2) is 8.36. The van der Waals surface area contributed by atoms with Gasteiger partial charge in [0.25, 0.3) is 5.56 Å². The van der Waals surface area contributed by atoms with Gasteiger partial charge >= 0.3 is 0 Å². The highest BCUT2D eigenvalue weighted by atomic mass is 32.2. The van der Waals surface area contributed by atoms with Crippen LogP contribution in [-0.2, 0) is 12.8 Å². The average Bonchev–Trinajstić information content (AvgIpc) is 3.43. The average molecular weight is 447 g/mol. The van der Waals surface area contributed by atoms with Crippen molar-refractivity contribution in [2.45, 2.75) is 10.9 Å². The van der Waals surface area contributed by atoms with E-state index in [1.54, 1.807) is 33.4 Å². The van der Waals surface area contributed by atoms with Gasteiger partial charge in [0.2, 0.25) is 17.5 Å². The lowest BCUT2D eigenvalue weighted by molar-refractivity contribution is 0.324. The largest absolute Gasteiger partial charge is 0.493 e. The predicted molar refractivity (Wildman–Crippen MR) is 114 cm³/mol. The van der Waals surface area contributed by atoms with Crippen LogP contribution in [0.25, 0.3) is 21.7 Å². The third kappa shape index (κ3) is 3.61. The van der Waals surface area contributed by atoms with Gasteiger partial charge < -0.3 is 18.6 Å². The van der Waals surface area contributed by atoms with Crippen LogP contribution in [0.4, 0.5) is 0 Å². The second-order valence-corrected chi connectivity index (χ2v) is 7.96. The molecule has 11 heteroatoms. The van der Waals surface area contributed by atoms with Gasteiger partial charge in [-0.2, -0.15) is 0 Å². The molecular formula is C19H18N4O5S2. The number of rotatable bonds is 7. The highest BCUT2D eigenvalue weighted by Gasteiger charge is 2.18. The fraction of sp³-hybridized carbons (Fsp3) is 0.263. The first kappa shape index (κ1) is 20.2. The van der Waals surface area contributed by atoms with E-state index in [2.05, 4.69) is 15.2 Å². The molecule has 0 aliphatic carbocycles. The van der Waals surface area contributed by atoms with E-state index in [0.29, 0.717) is 55.7 Å². The van der Waals surface area contributed by atoms with Crippen molar-refractivity contribution in [1.82, 2.24) is 19.7 Å². The highest BCUT2D eigenvalue weighted by molar-refractivity contribution is 7.98. The standard InChI is InChI=1S/C19H18N4O5S2/c1-23-18(24)16-11(5-6-29-16)20-19(23)30-9-14-21-22-17(28-14)10-7-12(25-2)15(27-4)13(8-10)26-3/h5-8H,9H2,1-4H3. The van der Waals surface area contributed by atoms with Gasteiger partial charge in [0, 0.05) is 12.6 Å². The molecule has 0 fully saturated rings. The second-order valence-electron chi connectivity index (χ2n) is 6.10. The molecule has 0 radical (unpaired) electrons. The topological polar surface area (TPSA) is 102 Å². The van der Waals surface area contributed by atoms with Gasteiger partial charge in [0.1, 0.15) is 4.70 Å². The Bertz CT molecular complexity index is 1240. The molecule has 4 aromatic rings. The number of thioether (sulfide) groups is 1. The molecule has 3 heterocycles. The zero-order valence-corrected chi connectivity index (χ0v) is 18.3. The predicted octanol–water partition coefficient (Wildman–Crippen LogP) is 3.36. The third-order valence-electron chi connectivity index (χ3n) is 4.35. The summed E-state index contributed by atoms with van der Waals surface area (Å²) in [5.74, 6) is 2.56. The van der Waals surface area contributed by atoms with Gasteiger partial charge in [0.05, 0.1) is 32.6 Å². The quantitative estimate of drug-likeness (QED) is 0.312. The number of thiophene rings is 1. The molecule has 0 N–H and O–H groups in total. The molecule has 0 bridgehead atoms. The number of ether oxygens (including phenoxy) is 3. The Balaban J connectivity index is 1.58. The van der Waals surface area contributed by atoms with Crippen molar-refractivity contribution in [2.75, 3.05) is 21.3 Å². The highest BCUT2D eigenvalue weighted by Crippen LogP contribution is 2.41. The molecule has 9 nitrogen and oxygen atoms in total. The molecule has 30 heavy (non-hydrogen) atoms. The number of benzene rings is 1. The number of nitrogens with zero attached hydrogens (tertiary/aromatic N) is 4. The van der Waals surface area contributed by atoms with Crippen LogP contribution < -0.4 is 19.8 Å². The normalized spacial score (nSPS) is 11.1. The molecule has 0 aliphatic rings. The zero-order valence-electron chi connectivity index (χ0n) is 16.7. The summed E-state index contributed by atoms with van der Waals surface area (Å²) in [5, 5.41) is 10.7. The fourth-order valence-corrected chi connectivity index (χ4v) is 4.47. The minimum atomic E-state index is -0.0684. The first-order valence-corrected chi connectivity index (χ1v) is 10.6. The molecule has 0 aliphatic heterocycles. The molecular weight excluding hydrogens is 428 g/mol. The summed E-state index contributed by atoms with van der Waals surface area (Å²) >= 11 is 2.74. The summed E-state index contributed by atoms with van der Waals surface area (Å²) in [6.07, 6.45) is 0. The molecule has 0 unspecified atom stereocenters. The number of aromatic nitrogens is 4. The van der Waals surface area contributed by atoms with E-state index in [0.717, 1.165) is 0 Å². The maximum atomic E-state index is 12.4. The van der Waals surface area contributed by atoms with Crippen LogP contribution in [0.5, 0.6) is 17.2 Å². The van der Waals surface area contributed by atoms with Crippen LogP contribution in [0.3, 0.4) is 0 Å². The molecule has 0 saturated heterocycles. The Morgan fingerprint density at radius 2 is 1.87 bits per heavy atom. The maximum Gasteiger partial charge on any atom is 0.271 e. The molecule has 0 spiro atoms. The summed E-state index contributed by atoms with van der Waals surface area (Å²) in [7, 11) is 6.32. The monoisotopic (exact) mass is 446 g/mol. The van der Waals surface area contributed by atoms with Gasteiger partial charge in [-0.05, 0) is 23.6 Å². The minimum absolute atomic E-state index is 0.0684. The van der Waals surface area contributed by atoms with Crippen molar-refractivity contribution in [3.8, 4) is 28.7 Å². The molecule has 1 aromatic carbocycles. The summed E-state index contributed by atoms with van der Waals surface area (Å²) in [6, 6.07) is 5.31. The zero-order chi connectivity index (χ0) is 21.3. The number of fused-ring (bicyclic) bond motifs is 1. The van der Waals surface area contributed by atoms with E-state index in [1.165, 1.54) is 34.8 Å². The molecule has 0 saturated carbocycles. The van der Waals surface area contributed by atoms with Crippen molar-refractivity contribution in [3.05, 3.63) is 39.8 Å². The Labute approximate surface area is 179 Å². The Morgan fingerprint density at radius 3 is 2.53 bits per heavy atom. The summed E-state index contributed by atoms with van der Waals surface area (Å²) in [6.45, 7) is 0. The Morgan fingerprint density at radius 1 is 1.13 bits per heavy atom. The minimum Gasteiger partial charge on any atom is -0.493 e. The third-order valence-corrected chi connectivity index (χ3v) is 6.26. The number of hydrogen-bond acceptors (Lipinski definition) is 10. The summed E-state index contributed by atoms with van der Waals surface area (Å²) in [4.78, 5) is 17.0. The molecule has 0 amide bonds. The first-order chi connectivity index (χ1) is 14.5. The van der Waals surface area contributed by atoms with E-state index in [-0.39, 0.29) is 5.56 Å². The van der Waals surface area contributed by atoms with Crippen LogP contribution in [-0.4, -0.2) is 41.1 Å². The van der Waals surface area contributed by atoms with Crippen LogP contribution in [0.15, 0.2) is 37.9 Å². The first-order valence-electron chi connectivity index (χ1n) is 8.75. The summed E-state index contributed by atoms with van der Waals surface area (Å²) in [5.41, 5.74) is 1.26. The van der Waals surface area contributed by atoms with E-state index in [4.69, 9.17) is 18.6 Å². The lowest BCUT2D eigenvalue weighted by Gasteiger charge is -2.12. The van der Waals surface area contributed by atoms with Gasteiger partial charge in [-0.25, -0.2) is 4.98 Å². The molecule has 4 rings (SSSR count). The van der Waals surface area contributed by atoms with Crippen LogP contribution >= 0.6 is 23.1 Å². The van der Waals surface area contributed by atoms with Crippen molar-refractivity contribution in [1.29, 1.82) is 0 Å². The van der Waals surface area contributed by atoms with Crippen molar-refractivity contribution >= 4 is 33.3 Å². The Kier molecular flexibility index (Phi) is 5.64. The summed E-state index contributed by atoms with van der Waals surface area (Å²) < 4.78 is 24.0. The smallest absolute Gasteiger partial charge is 0.271 e. The van der Waals surface area contributed by atoms with E-state index in [9.17, 15) is 4.79 Å². The number of hydrogen-bond donors (Lipinski definition) is 0. The van der Waals surface area contributed by atoms with Gasteiger partial charge in [-0.1, -0.05) is 11.8 Å². The SMILES string of the molecule is COc1cc(-c2nnc(CSc3nc4ccsc4c(=O)n3C)o2)cc(OC)c1OC. The van der Waals surface area contributed by atoms with Crippen LogP contribution in [0.1, 0.15) is 5.89 Å². The van der Waals surface area contributed by atoms with Gasteiger partial charge in [0.15, 0.2) is 16.7 Å². The number of methoxy groups -OCH3 is 3. The van der Waals surface area contributed by atoms with Gasteiger partial charge in [-0.15, -0.1) is 21.5 Å². The van der Waals surface area contributed by atoms with E-state index >= 15 is 0 Å². The molecule has 156 valence electrons. The van der Waals surface area contributed by atoms with Crippen molar-refractivity contribution in [3.63, 3.8) is 0 Å². The molecule has 0 atom stereocenters. The van der Waals surface area contributed by atoms with Crippen molar-refractivity contribution < 1.29 is 18.6 Å². The van der Waals surface area contributed by atoms with E-state index in [1.807, 2.05) is 11.4 Å². The van der Waals surface area contributed by atoms with E-state index < -0.39 is 0 Å².